The third-order valence-corrected chi connectivity index (χ3v) is 0.355. The predicted octanol–water partition coefficient (Wildman–Crippen LogP) is -7.37. The van der Waals surface area contributed by atoms with Crippen LogP contribution in [0.1, 0.15) is 13.8 Å². The van der Waals surface area contributed by atoms with Crippen molar-refractivity contribution in [2.75, 3.05) is 0 Å². The van der Waals surface area contributed by atoms with E-state index in [-0.39, 0.29) is 59.1 Å². The minimum absolute atomic E-state index is 0. The van der Waals surface area contributed by atoms with E-state index < -0.39 is 11.9 Å². The molecule has 0 rings (SSSR count). The van der Waals surface area contributed by atoms with E-state index in [4.69, 9.17) is 0 Å². The first-order valence-corrected chi connectivity index (χ1v) is 3.08. The van der Waals surface area contributed by atoms with Gasteiger partial charge in [-0.2, -0.15) is 0 Å². The van der Waals surface area contributed by atoms with Crippen molar-refractivity contribution < 1.29 is 78.9 Å². The molecule has 0 heterocycles. The molecule has 0 aromatic heterocycles. The number of carboxylic acid groups (broad SMARTS) is 2. The Kier molecular flexibility index (Phi) is 27.1. The van der Waals surface area contributed by atoms with Crippen molar-refractivity contribution in [3.8, 4) is 0 Å². The summed E-state index contributed by atoms with van der Waals surface area (Å²) in [5, 5.41) is 18.8. The molecule has 0 spiro atoms. The van der Waals surface area contributed by atoms with Crippen molar-refractivity contribution in [3.63, 3.8) is 0 Å². The molecule has 0 amide bonds. The zero-order chi connectivity index (χ0) is 10.1. The van der Waals surface area contributed by atoms with Crippen LogP contribution in [0.3, 0.4) is 0 Å². The molecule has 14 heavy (non-hydrogen) atoms. The third kappa shape index (κ3) is 55.1. The molecule has 4 nitrogen and oxygen atoms in total. The first-order valence-electron chi connectivity index (χ1n) is 3.08. The molecule has 0 radical (unpaired) electrons. The van der Waals surface area contributed by atoms with Crippen molar-refractivity contribution in [2.24, 2.45) is 0 Å². The summed E-state index contributed by atoms with van der Waals surface area (Å²) in [7, 11) is 0. The number of carboxylic acids is 2. The molecule has 0 unspecified atom stereocenters. The molecule has 0 saturated heterocycles. The smallest absolute Gasteiger partial charge is 0.545 e. The van der Waals surface area contributed by atoms with Gasteiger partial charge in [0.05, 0.1) is 11.9 Å². The van der Waals surface area contributed by atoms with Crippen LogP contribution in [0.2, 0.25) is 0 Å². The van der Waals surface area contributed by atoms with Gasteiger partial charge in [0.15, 0.2) is 0 Å². The summed E-state index contributed by atoms with van der Waals surface area (Å²) >= 11 is 0. The van der Waals surface area contributed by atoms with Gasteiger partial charge in [-0.1, -0.05) is 5.57 Å². The Balaban J connectivity index is -0.0000000733. The first kappa shape index (κ1) is 23.9. The molecule has 68 valence electrons. The SMILES string of the molecule is C=C(C)C.O=C([O-])/C=C\C(=O)[O-].[Na+].[Na+]. The second-order valence-corrected chi connectivity index (χ2v) is 2.18. The van der Waals surface area contributed by atoms with Gasteiger partial charge < -0.3 is 19.8 Å². The molecule has 6 heteroatoms. The van der Waals surface area contributed by atoms with Gasteiger partial charge in [0.25, 0.3) is 0 Å². The van der Waals surface area contributed by atoms with Gasteiger partial charge in [0, 0.05) is 0 Å². The van der Waals surface area contributed by atoms with Crippen LogP contribution < -0.4 is 69.3 Å². The summed E-state index contributed by atoms with van der Waals surface area (Å²) < 4.78 is 0. The molecule has 0 atom stereocenters. The van der Waals surface area contributed by atoms with Crippen LogP contribution >= 0.6 is 0 Å². The van der Waals surface area contributed by atoms with Crippen molar-refractivity contribution in [2.45, 2.75) is 13.8 Å². The van der Waals surface area contributed by atoms with E-state index in [1.807, 2.05) is 13.8 Å². The molecular weight excluding hydrogens is 206 g/mol. The van der Waals surface area contributed by atoms with Gasteiger partial charge in [0.1, 0.15) is 0 Å². The van der Waals surface area contributed by atoms with Gasteiger partial charge in [-0.05, 0) is 26.0 Å². The second-order valence-electron chi connectivity index (χ2n) is 2.18. The molecule has 0 N–H and O–H groups in total. The van der Waals surface area contributed by atoms with Crippen LogP contribution in [0.4, 0.5) is 0 Å². The van der Waals surface area contributed by atoms with Gasteiger partial charge in [-0.25, -0.2) is 0 Å². The quantitative estimate of drug-likeness (QED) is 0.261. The number of allylic oxidation sites excluding steroid dienone is 1. The topological polar surface area (TPSA) is 80.3 Å². The van der Waals surface area contributed by atoms with Crippen molar-refractivity contribution in [1.82, 2.24) is 0 Å². The van der Waals surface area contributed by atoms with Gasteiger partial charge in [-0.15, -0.1) is 6.58 Å². The molecule has 0 aliphatic heterocycles. The number of hydrogen-bond acceptors (Lipinski definition) is 4. The molecule has 0 aliphatic carbocycles. The first-order chi connectivity index (χ1) is 5.36. The van der Waals surface area contributed by atoms with Crippen LogP contribution in [0.15, 0.2) is 24.3 Å². The summed E-state index contributed by atoms with van der Waals surface area (Å²) in [4.78, 5) is 18.8. The largest absolute Gasteiger partial charge is 1.00 e. The Morgan fingerprint density at radius 1 is 1.00 bits per heavy atom. The predicted molar refractivity (Wildman–Crippen MR) is 39.6 cm³/mol. The average molecular weight is 216 g/mol. The Hall–Kier alpha value is 0.420. The molecule has 0 saturated carbocycles. The van der Waals surface area contributed by atoms with E-state index in [0.717, 1.165) is 0 Å². The van der Waals surface area contributed by atoms with E-state index in [1.54, 1.807) is 0 Å². The molecule has 0 aromatic carbocycles. The van der Waals surface area contributed by atoms with Crippen LogP contribution in [0.5, 0.6) is 0 Å². The standard InChI is InChI=1S/C4H4O4.C4H8.2Na/c5-3(6)1-2-4(7)8;1-4(2)3;;/h1-2H,(H,5,6)(H,7,8);1H2,2-3H3;;/q;;2*+1/p-2/b2-1-;;;. The Bertz CT molecular complexity index is 191. The van der Waals surface area contributed by atoms with Gasteiger partial charge in [-0.3, -0.25) is 0 Å². The van der Waals surface area contributed by atoms with Crippen LogP contribution in [0.25, 0.3) is 0 Å². The maximum Gasteiger partial charge on any atom is 1.00 e. The maximum absolute atomic E-state index is 9.41. The maximum atomic E-state index is 9.41. The minimum atomic E-state index is -1.55. The molecular formula is C8H10Na2O4. The summed E-state index contributed by atoms with van der Waals surface area (Å²) in [6, 6.07) is 0. The summed E-state index contributed by atoms with van der Waals surface area (Å²) in [6.07, 6.45) is 0.769. The van der Waals surface area contributed by atoms with E-state index in [9.17, 15) is 19.8 Å². The Morgan fingerprint density at radius 2 is 1.14 bits per heavy atom. The summed E-state index contributed by atoms with van der Waals surface area (Å²) in [5.74, 6) is -3.09. The fourth-order valence-corrected chi connectivity index (χ4v) is 0.136. The van der Waals surface area contributed by atoms with Crippen molar-refractivity contribution in [3.05, 3.63) is 24.3 Å². The summed E-state index contributed by atoms with van der Waals surface area (Å²) in [5.41, 5.74) is 1.17. The van der Waals surface area contributed by atoms with E-state index in [2.05, 4.69) is 6.58 Å². The minimum Gasteiger partial charge on any atom is -0.545 e. The Morgan fingerprint density at radius 3 is 1.21 bits per heavy atom. The fraction of sp³-hybridized carbons (Fsp3) is 0.250. The van der Waals surface area contributed by atoms with Crippen molar-refractivity contribution >= 4 is 11.9 Å². The number of rotatable bonds is 2. The number of aliphatic carboxylic acids is 2. The van der Waals surface area contributed by atoms with Gasteiger partial charge >= 0.3 is 59.1 Å². The average Bonchev–Trinajstić information content (AvgIpc) is 1.82. The number of carbonyl (C=O) groups excluding carboxylic acids is 2. The van der Waals surface area contributed by atoms with E-state index in [1.165, 1.54) is 5.57 Å². The molecule has 0 bridgehead atoms. The molecule has 0 aromatic rings. The Labute approximate surface area is 128 Å². The normalized spacial score (nSPS) is 7.29. The number of carbonyl (C=O) groups is 2. The van der Waals surface area contributed by atoms with E-state index in [0.29, 0.717) is 12.2 Å². The third-order valence-electron chi connectivity index (χ3n) is 0.355. The van der Waals surface area contributed by atoms with E-state index >= 15 is 0 Å². The van der Waals surface area contributed by atoms with Crippen molar-refractivity contribution in [1.29, 1.82) is 0 Å². The fourth-order valence-electron chi connectivity index (χ4n) is 0.136. The summed E-state index contributed by atoms with van der Waals surface area (Å²) in [6.45, 7) is 7.50. The van der Waals surface area contributed by atoms with Crippen LogP contribution in [-0.4, -0.2) is 11.9 Å². The van der Waals surface area contributed by atoms with Crippen LogP contribution in [-0.2, 0) is 9.59 Å². The molecule has 0 fully saturated rings. The second kappa shape index (κ2) is 15.9. The monoisotopic (exact) mass is 216 g/mol. The number of hydrogen-bond donors (Lipinski definition) is 0. The zero-order valence-electron chi connectivity index (χ0n) is 8.99. The zero-order valence-corrected chi connectivity index (χ0v) is 13.0. The van der Waals surface area contributed by atoms with Crippen LogP contribution in [0, 0.1) is 0 Å². The molecule has 0 aliphatic rings. The van der Waals surface area contributed by atoms with Gasteiger partial charge in [0.2, 0.25) is 0 Å².